The number of carbonyl (C=O) groups excluding carboxylic acids is 1. The highest BCUT2D eigenvalue weighted by Gasteiger charge is 2.31. The van der Waals surface area contributed by atoms with Crippen LogP contribution in [0.15, 0.2) is 58.5 Å². The van der Waals surface area contributed by atoms with Crippen LogP contribution in [-0.4, -0.2) is 39.1 Å². The van der Waals surface area contributed by atoms with Crippen LogP contribution in [0.1, 0.15) is 25.3 Å². The number of aromatic nitrogens is 1. The Kier molecular flexibility index (Phi) is 6.40. The Morgan fingerprint density at radius 2 is 1.84 bits per heavy atom. The highest BCUT2D eigenvalue weighted by Crippen LogP contribution is 2.38. The summed E-state index contributed by atoms with van der Waals surface area (Å²) in [6, 6.07) is 12.1. The lowest BCUT2D eigenvalue weighted by Gasteiger charge is -2.34. The summed E-state index contributed by atoms with van der Waals surface area (Å²) in [5, 5.41) is 1.19. The quantitative estimate of drug-likeness (QED) is 0.496. The van der Waals surface area contributed by atoms with Crippen molar-refractivity contribution in [2.45, 2.75) is 36.5 Å². The molecule has 0 N–H and O–H groups in total. The van der Waals surface area contributed by atoms with Gasteiger partial charge in [-0.1, -0.05) is 29.3 Å². The molecule has 0 bridgehead atoms. The van der Waals surface area contributed by atoms with Crippen LogP contribution in [0.25, 0.3) is 10.9 Å². The maximum absolute atomic E-state index is 13.6. The molecule has 0 atom stereocenters. The van der Waals surface area contributed by atoms with Crippen LogP contribution in [0.4, 0.5) is 5.69 Å². The number of carbonyl (C=O) groups is 1. The summed E-state index contributed by atoms with van der Waals surface area (Å²) in [7, 11) is -3.82. The Bertz CT molecular complexity index is 1250. The average Bonchev–Trinajstić information content (AvgIpc) is 2.79. The van der Waals surface area contributed by atoms with E-state index in [-0.39, 0.29) is 21.7 Å². The van der Waals surface area contributed by atoms with E-state index in [2.05, 4.69) is 4.98 Å². The molecule has 4 rings (SSSR count). The number of fused-ring (bicyclic) bond motifs is 1. The summed E-state index contributed by atoms with van der Waals surface area (Å²) in [5.74, 6) is -0.373. The van der Waals surface area contributed by atoms with Gasteiger partial charge in [0.2, 0.25) is 9.84 Å². The highest BCUT2D eigenvalue weighted by atomic mass is 35.5. The topological polar surface area (TPSA) is 76.6 Å². The Labute approximate surface area is 193 Å². The molecule has 0 spiro atoms. The number of anilines is 1. The Balaban J connectivity index is 1.81. The molecule has 168 valence electrons. The molecular weight excluding hydrogens is 448 g/mol. The van der Waals surface area contributed by atoms with Gasteiger partial charge in [-0.2, -0.15) is 0 Å². The molecule has 3 aromatic rings. The smallest absolute Gasteiger partial charge is 0.309 e. The molecule has 1 saturated heterocycles. The molecule has 1 aliphatic heterocycles. The fourth-order valence-corrected chi connectivity index (χ4v) is 5.70. The fraction of sp³-hybridized carbons (Fsp3) is 0.333. The normalized spacial score (nSPS) is 15.2. The van der Waals surface area contributed by atoms with E-state index in [0.29, 0.717) is 54.2 Å². The molecule has 8 heteroatoms. The predicted octanol–water partition coefficient (Wildman–Crippen LogP) is 4.81. The van der Waals surface area contributed by atoms with Crippen LogP contribution < -0.4 is 4.90 Å². The van der Waals surface area contributed by atoms with Gasteiger partial charge in [0.25, 0.3) is 0 Å². The monoisotopic (exact) mass is 472 g/mol. The van der Waals surface area contributed by atoms with Crippen molar-refractivity contribution in [1.29, 1.82) is 0 Å². The number of pyridine rings is 1. The number of piperidine rings is 1. The summed E-state index contributed by atoms with van der Waals surface area (Å²) >= 11 is 6.27. The lowest BCUT2D eigenvalue weighted by Crippen LogP contribution is -2.37. The lowest BCUT2D eigenvalue weighted by molar-refractivity contribution is -0.148. The van der Waals surface area contributed by atoms with Gasteiger partial charge in [0.15, 0.2) is 0 Å². The first-order chi connectivity index (χ1) is 15.3. The van der Waals surface area contributed by atoms with E-state index in [1.54, 1.807) is 49.4 Å². The van der Waals surface area contributed by atoms with E-state index in [1.165, 1.54) is 6.20 Å². The molecule has 0 amide bonds. The van der Waals surface area contributed by atoms with Gasteiger partial charge in [0.05, 0.1) is 28.6 Å². The summed E-state index contributed by atoms with van der Waals surface area (Å²) in [4.78, 5) is 19.0. The highest BCUT2D eigenvalue weighted by molar-refractivity contribution is 7.91. The number of ether oxygens (including phenoxy) is 1. The van der Waals surface area contributed by atoms with E-state index in [9.17, 15) is 13.2 Å². The SMILES string of the molecule is CCOC(=O)C1CCN(c2c(S(=O)(=O)c3ccc(C)cc3)cnc3ccc(Cl)cc23)CC1. The number of benzene rings is 2. The van der Waals surface area contributed by atoms with Gasteiger partial charge in [-0.3, -0.25) is 9.78 Å². The van der Waals surface area contributed by atoms with Gasteiger partial charge in [-0.05, 0) is 57.0 Å². The third-order valence-electron chi connectivity index (χ3n) is 5.82. The van der Waals surface area contributed by atoms with E-state index in [4.69, 9.17) is 16.3 Å². The molecule has 2 aromatic carbocycles. The van der Waals surface area contributed by atoms with Crippen molar-refractivity contribution in [2.24, 2.45) is 5.92 Å². The van der Waals surface area contributed by atoms with Crippen molar-refractivity contribution in [3.05, 3.63) is 59.2 Å². The minimum Gasteiger partial charge on any atom is -0.466 e. The zero-order valence-electron chi connectivity index (χ0n) is 18.0. The molecule has 6 nitrogen and oxygen atoms in total. The van der Waals surface area contributed by atoms with Gasteiger partial charge in [-0.25, -0.2) is 8.42 Å². The Morgan fingerprint density at radius 3 is 2.50 bits per heavy atom. The number of hydrogen-bond donors (Lipinski definition) is 0. The van der Waals surface area contributed by atoms with Gasteiger partial charge >= 0.3 is 5.97 Å². The van der Waals surface area contributed by atoms with E-state index in [1.807, 2.05) is 11.8 Å². The number of esters is 1. The number of halogens is 1. The van der Waals surface area contributed by atoms with Crippen LogP contribution in [0, 0.1) is 12.8 Å². The molecule has 2 heterocycles. The van der Waals surface area contributed by atoms with Crippen molar-refractivity contribution in [1.82, 2.24) is 4.98 Å². The molecular formula is C24H25ClN2O4S. The maximum Gasteiger partial charge on any atom is 0.309 e. The lowest BCUT2D eigenvalue weighted by atomic mass is 9.96. The molecule has 32 heavy (non-hydrogen) atoms. The van der Waals surface area contributed by atoms with Gasteiger partial charge < -0.3 is 9.64 Å². The summed E-state index contributed by atoms with van der Waals surface area (Å²) in [5.41, 5.74) is 2.23. The second kappa shape index (κ2) is 9.08. The predicted molar refractivity (Wildman–Crippen MR) is 125 cm³/mol. The zero-order valence-corrected chi connectivity index (χ0v) is 19.6. The van der Waals surface area contributed by atoms with E-state index in [0.717, 1.165) is 5.56 Å². The standard InChI is InChI=1S/C24H25ClN2O4S/c1-3-31-24(28)17-10-12-27(13-11-17)23-20-14-18(25)6-9-21(20)26-15-22(23)32(29,30)19-7-4-16(2)5-8-19/h4-9,14-15,17H,3,10-13H2,1-2H3. The first-order valence-corrected chi connectivity index (χ1v) is 12.5. The largest absolute Gasteiger partial charge is 0.466 e. The second-order valence-corrected chi connectivity index (χ2v) is 10.3. The number of aryl methyl sites for hydroxylation is 1. The molecule has 1 aromatic heterocycles. The maximum atomic E-state index is 13.6. The van der Waals surface area contributed by atoms with Gasteiger partial charge in [-0.15, -0.1) is 0 Å². The van der Waals surface area contributed by atoms with Crippen molar-refractivity contribution in [3.8, 4) is 0 Å². The summed E-state index contributed by atoms with van der Waals surface area (Å²) < 4.78 is 32.4. The van der Waals surface area contributed by atoms with Crippen molar-refractivity contribution < 1.29 is 17.9 Å². The van der Waals surface area contributed by atoms with Crippen molar-refractivity contribution >= 4 is 44.0 Å². The molecule has 0 radical (unpaired) electrons. The number of sulfone groups is 1. The molecule has 0 saturated carbocycles. The summed E-state index contributed by atoms with van der Waals surface area (Å²) in [6.07, 6.45) is 2.61. The summed E-state index contributed by atoms with van der Waals surface area (Å²) in [6.45, 7) is 5.12. The van der Waals surface area contributed by atoms with Crippen LogP contribution in [0.3, 0.4) is 0 Å². The Hall–Kier alpha value is -2.64. The number of rotatable bonds is 5. The first kappa shape index (κ1) is 22.6. The van der Waals surface area contributed by atoms with Crippen molar-refractivity contribution in [3.63, 3.8) is 0 Å². The molecule has 1 aliphatic rings. The van der Waals surface area contributed by atoms with Crippen LogP contribution in [-0.2, 0) is 19.4 Å². The minimum atomic E-state index is -3.82. The van der Waals surface area contributed by atoms with E-state index >= 15 is 0 Å². The second-order valence-electron chi connectivity index (χ2n) is 7.96. The Morgan fingerprint density at radius 1 is 1.16 bits per heavy atom. The van der Waals surface area contributed by atoms with Crippen LogP contribution in [0.5, 0.6) is 0 Å². The van der Waals surface area contributed by atoms with Gasteiger partial charge in [0.1, 0.15) is 4.90 Å². The molecule has 1 fully saturated rings. The fourth-order valence-electron chi connectivity index (χ4n) is 4.10. The number of hydrogen-bond acceptors (Lipinski definition) is 6. The molecule has 0 unspecified atom stereocenters. The zero-order chi connectivity index (χ0) is 22.9. The third-order valence-corrected chi connectivity index (χ3v) is 7.83. The van der Waals surface area contributed by atoms with E-state index < -0.39 is 9.84 Å². The van der Waals surface area contributed by atoms with Crippen molar-refractivity contribution in [2.75, 3.05) is 24.6 Å². The van der Waals surface area contributed by atoms with Crippen LogP contribution >= 0.6 is 11.6 Å². The average molecular weight is 473 g/mol. The van der Waals surface area contributed by atoms with Crippen LogP contribution in [0.2, 0.25) is 5.02 Å². The van der Waals surface area contributed by atoms with Gasteiger partial charge in [0, 0.05) is 29.7 Å². The third kappa shape index (κ3) is 4.32. The first-order valence-electron chi connectivity index (χ1n) is 10.6. The number of nitrogens with zero attached hydrogens (tertiary/aromatic N) is 2. The minimum absolute atomic E-state index is 0.144. The molecule has 0 aliphatic carbocycles.